The Morgan fingerprint density at radius 1 is 0.900 bits per heavy atom. The molecule has 1 N–H and O–H groups in total. The number of likely N-dealkylation sites (tertiary alicyclic amines) is 1. The first kappa shape index (κ1) is 26.0. The van der Waals surface area contributed by atoms with Crippen LogP contribution in [-0.4, -0.2) is 55.8 Å². The lowest BCUT2D eigenvalue weighted by atomic mass is 9.94. The molecule has 1 fully saturated rings. The van der Waals surface area contributed by atoms with E-state index in [2.05, 4.69) is 5.10 Å². The van der Waals surface area contributed by atoms with E-state index in [1.54, 1.807) is 4.90 Å². The number of piperidine rings is 1. The van der Waals surface area contributed by atoms with E-state index in [0.717, 1.165) is 47.5 Å². The van der Waals surface area contributed by atoms with Gasteiger partial charge in [0.05, 0.1) is 30.6 Å². The molecule has 4 aromatic rings. The minimum atomic E-state index is -0.151. The molecule has 2 aromatic carbocycles. The summed E-state index contributed by atoms with van der Waals surface area (Å²) >= 11 is 0. The van der Waals surface area contributed by atoms with Crippen LogP contribution in [0.5, 0.6) is 0 Å². The monoisotopic (exact) mass is 537 g/mol. The molecule has 0 radical (unpaired) electrons. The van der Waals surface area contributed by atoms with E-state index in [-0.39, 0.29) is 29.8 Å². The van der Waals surface area contributed by atoms with Crippen molar-refractivity contribution in [2.24, 2.45) is 0 Å². The highest BCUT2D eigenvalue weighted by Gasteiger charge is 2.29. The predicted octanol–water partition coefficient (Wildman–Crippen LogP) is 3.72. The summed E-state index contributed by atoms with van der Waals surface area (Å²) in [6, 6.07) is 18.0. The Balaban J connectivity index is 1.17. The van der Waals surface area contributed by atoms with Gasteiger partial charge in [-0.3, -0.25) is 19.5 Å². The largest absolute Gasteiger partial charge is 0.342 e. The maximum atomic E-state index is 13.5. The van der Waals surface area contributed by atoms with Gasteiger partial charge >= 0.3 is 0 Å². The zero-order valence-corrected chi connectivity index (χ0v) is 23.2. The van der Waals surface area contributed by atoms with Crippen molar-refractivity contribution in [2.45, 2.75) is 58.4 Å². The van der Waals surface area contributed by atoms with E-state index in [1.807, 2.05) is 73.3 Å². The summed E-state index contributed by atoms with van der Waals surface area (Å²) in [6.45, 7) is 6.26. The van der Waals surface area contributed by atoms with Gasteiger partial charge in [-0.1, -0.05) is 59.7 Å². The van der Waals surface area contributed by atoms with Crippen molar-refractivity contribution in [2.75, 3.05) is 19.6 Å². The number of carbonyl (C=O) groups is 2. The van der Waals surface area contributed by atoms with Gasteiger partial charge in [-0.15, -0.1) is 0 Å². The SMILES string of the molecule is Cc1ccc(CC(=O)N2CCc3nc4cc([C@H]5CCCN(C(=O)Cc6ccc(C)cc6)C5)[nH]n4c(=O)c3C2)cc1. The number of nitrogens with one attached hydrogen (secondary N) is 1. The van der Waals surface area contributed by atoms with Gasteiger partial charge in [-0.25, -0.2) is 9.50 Å². The van der Waals surface area contributed by atoms with E-state index < -0.39 is 0 Å². The number of aromatic amines is 1. The number of rotatable bonds is 5. The van der Waals surface area contributed by atoms with Crippen LogP contribution in [0.15, 0.2) is 59.4 Å². The van der Waals surface area contributed by atoms with Crippen LogP contribution in [0, 0.1) is 13.8 Å². The molecule has 2 aromatic heterocycles. The Labute approximate surface area is 233 Å². The van der Waals surface area contributed by atoms with Crippen molar-refractivity contribution in [3.05, 3.63) is 104 Å². The molecule has 0 unspecified atom stereocenters. The molecule has 40 heavy (non-hydrogen) atoms. The number of aryl methyl sites for hydroxylation is 2. The summed E-state index contributed by atoms with van der Waals surface area (Å²) in [5, 5.41) is 3.29. The normalized spacial score (nSPS) is 17.2. The summed E-state index contributed by atoms with van der Waals surface area (Å²) < 4.78 is 1.51. The second-order valence-corrected chi connectivity index (χ2v) is 11.3. The van der Waals surface area contributed by atoms with Gasteiger partial charge in [-0.2, -0.15) is 0 Å². The predicted molar refractivity (Wildman–Crippen MR) is 153 cm³/mol. The van der Waals surface area contributed by atoms with Gasteiger partial charge in [0, 0.05) is 43.7 Å². The van der Waals surface area contributed by atoms with Crippen LogP contribution in [0.1, 0.15) is 58.0 Å². The fourth-order valence-electron chi connectivity index (χ4n) is 5.86. The van der Waals surface area contributed by atoms with Gasteiger partial charge in [0.15, 0.2) is 5.65 Å². The van der Waals surface area contributed by atoms with E-state index in [0.29, 0.717) is 43.6 Å². The number of carbonyl (C=O) groups excluding carboxylic acids is 2. The lowest BCUT2D eigenvalue weighted by Gasteiger charge is -2.32. The van der Waals surface area contributed by atoms with Gasteiger partial charge in [0.2, 0.25) is 11.8 Å². The van der Waals surface area contributed by atoms with E-state index in [1.165, 1.54) is 10.1 Å². The van der Waals surface area contributed by atoms with E-state index in [4.69, 9.17) is 4.98 Å². The van der Waals surface area contributed by atoms with Crippen LogP contribution >= 0.6 is 0 Å². The number of fused-ring (bicyclic) bond motifs is 2. The third-order valence-electron chi connectivity index (χ3n) is 8.30. The smallest absolute Gasteiger partial charge is 0.277 e. The van der Waals surface area contributed by atoms with Gasteiger partial charge < -0.3 is 9.80 Å². The molecule has 6 rings (SSSR count). The van der Waals surface area contributed by atoms with Crippen molar-refractivity contribution in [1.29, 1.82) is 0 Å². The molecular weight excluding hydrogens is 502 g/mol. The molecule has 206 valence electrons. The Morgan fingerprint density at radius 3 is 2.17 bits per heavy atom. The number of amides is 2. The molecule has 8 heteroatoms. The summed E-state index contributed by atoms with van der Waals surface area (Å²) in [5.41, 5.74) is 7.05. The second kappa shape index (κ2) is 10.8. The summed E-state index contributed by atoms with van der Waals surface area (Å²) in [5.74, 6) is 0.260. The Hall–Kier alpha value is -4.20. The molecule has 0 bridgehead atoms. The number of nitrogens with zero attached hydrogens (tertiary/aromatic N) is 4. The molecule has 2 aliphatic heterocycles. The standard InChI is InChI=1S/C32H35N5O3/c1-21-5-9-23(10-6-21)16-30(38)35-14-3-4-25(19-35)28-18-29-33-27-13-15-36(20-26(27)32(40)37(29)34-28)31(39)17-24-11-7-22(2)8-12-24/h5-12,18,25,34H,3-4,13-17,19-20H2,1-2H3/t25-/m0/s1. The molecule has 0 spiro atoms. The first-order valence-electron chi connectivity index (χ1n) is 14.1. The van der Waals surface area contributed by atoms with Crippen LogP contribution in [0.3, 0.4) is 0 Å². The van der Waals surface area contributed by atoms with E-state index >= 15 is 0 Å². The van der Waals surface area contributed by atoms with Crippen molar-refractivity contribution >= 4 is 17.5 Å². The van der Waals surface area contributed by atoms with Crippen LogP contribution in [-0.2, 0) is 35.4 Å². The van der Waals surface area contributed by atoms with Crippen molar-refractivity contribution in [1.82, 2.24) is 24.4 Å². The highest BCUT2D eigenvalue weighted by atomic mass is 16.2. The maximum absolute atomic E-state index is 13.5. The Bertz CT molecular complexity index is 1620. The molecule has 1 saturated heterocycles. The zero-order chi connectivity index (χ0) is 27.8. The summed E-state index contributed by atoms with van der Waals surface area (Å²) in [6.07, 6.45) is 3.13. The van der Waals surface area contributed by atoms with Gasteiger partial charge in [0.1, 0.15) is 0 Å². The zero-order valence-electron chi connectivity index (χ0n) is 23.2. The second-order valence-electron chi connectivity index (χ2n) is 11.3. The summed E-state index contributed by atoms with van der Waals surface area (Å²) in [7, 11) is 0. The molecule has 2 aliphatic rings. The first-order chi connectivity index (χ1) is 19.3. The summed E-state index contributed by atoms with van der Waals surface area (Å²) in [4.78, 5) is 48.1. The molecule has 4 heterocycles. The molecule has 8 nitrogen and oxygen atoms in total. The average molecular weight is 538 g/mol. The van der Waals surface area contributed by atoms with Crippen LogP contribution in [0.25, 0.3) is 5.65 Å². The topological polar surface area (TPSA) is 90.8 Å². The maximum Gasteiger partial charge on any atom is 0.277 e. The minimum Gasteiger partial charge on any atom is -0.342 e. The number of aromatic nitrogens is 3. The highest BCUT2D eigenvalue weighted by Crippen LogP contribution is 2.27. The molecule has 0 aliphatic carbocycles. The van der Waals surface area contributed by atoms with Gasteiger partial charge in [0.25, 0.3) is 5.56 Å². The van der Waals surface area contributed by atoms with E-state index in [9.17, 15) is 14.4 Å². The number of hydrogen-bond acceptors (Lipinski definition) is 4. The van der Waals surface area contributed by atoms with Gasteiger partial charge in [-0.05, 0) is 37.8 Å². The minimum absolute atomic E-state index is 0.0174. The van der Waals surface area contributed by atoms with Crippen molar-refractivity contribution in [3.63, 3.8) is 0 Å². The quantitative estimate of drug-likeness (QED) is 0.420. The number of hydrogen-bond donors (Lipinski definition) is 1. The van der Waals surface area contributed by atoms with Crippen LogP contribution < -0.4 is 5.56 Å². The Morgan fingerprint density at radius 2 is 1.52 bits per heavy atom. The molecule has 0 saturated carbocycles. The molecular formula is C32H35N5O3. The first-order valence-corrected chi connectivity index (χ1v) is 14.1. The Kier molecular flexibility index (Phi) is 7.00. The van der Waals surface area contributed by atoms with Crippen molar-refractivity contribution < 1.29 is 9.59 Å². The van der Waals surface area contributed by atoms with Crippen LogP contribution in [0.4, 0.5) is 0 Å². The van der Waals surface area contributed by atoms with Crippen molar-refractivity contribution in [3.8, 4) is 0 Å². The molecule has 2 amide bonds. The third-order valence-corrected chi connectivity index (χ3v) is 8.30. The third kappa shape index (κ3) is 5.30. The lowest BCUT2D eigenvalue weighted by molar-refractivity contribution is -0.132. The highest BCUT2D eigenvalue weighted by molar-refractivity contribution is 5.79. The fraction of sp³-hybridized carbons (Fsp3) is 0.375. The number of benzene rings is 2. The lowest BCUT2D eigenvalue weighted by Crippen LogP contribution is -2.41. The average Bonchev–Trinajstić information content (AvgIpc) is 3.40. The number of H-pyrrole nitrogens is 1. The van der Waals surface area contributed by atoms with Crippen LogP contribution in [0.2, 0.25) is 0 Å². The molecule has 1 atom stereocenters. The fourth-order valence-corrected chi connectivity index (χ4v) is 5.86.